The highest BCUT2D eigenvalue weighted by atomic mass is 32.2. The largest absolute Gasteiger partial charge is 0.472 e. The van der Waals surface area contributed by atoms with Crippen molar-refractivity contribution in [2.24, 2.45) is 17.8 Å². The molecule has 182 valence electrons. The zero-order valence-electron chi connectivity index (χ0n) is 19.5. The number of morpholine rings is 1. The molecule has 1 unspecified atom stereocenters. The monoisotopic (exact) mass is 475 g/mol. The van der Waals surface area contributed by atoms with Crippen molar-refractivity contribution in [2.45, 2.75) is 92.4 Å². The normalized spacial score (nSPS) is 36.1. The molecule has 6 fully saturated rings. The molecule has 1 aromatic rings. The third kappa shape index (κ3) is 4.80. The number of rotatable bonds is 7. The molecule has 7 rings (SSSR count). The SMILES string of the molecule is O=C(NC12CC3CC(CC(C3)C1)C2)c1onc(OCC2CNCCO2)c1SC1CCCCC1. The molecule has 7 nitrogen and oxygen atoms in total. The van der Waals surface area contributed by atoms with Crippen molar-refractivity contribution in [1.29, 1.82) is 0 Å². The van der Waals surface area contributed by atoms with E-state index < -0.39 is 0 Å². The van der Waals surface area contributed by atoms with E-state index in [0.29, 0.717) is 30.1 Å². The van der Waals surface area contributed by atoms with Crippen LogP contribution in [0.15, 0.2) is 9.42 Å². The van der Waals surface area contributed by atoms with Gasteiger partial charge in [0.15, 0.2) is 0 Å². The molecule has 0 aromatic carbocycles. The summed E-state index contributed by atoms with van der Waals surface area (Å²) in [5.74, 6) is 3.05. The van der Waals surface area contributed by atoms with Gasteiger partial charge in [-0.25, -0.2) is 0 Å². The zero-order chi connectivity index (χ0) is 22.3. The predicted octanol–water partition coefficient (Wildman–Crippen LogP) is 4.17. The standard InChI is InChI=1S/C25H37N3O4S/c29-23(27-25-11-16-8-17(12-25)10-18(9-16)13-25)21-22(33-20-4-2-1-3-5-20)24(28-32-21)31-15-19-14-26-6-7-30-19/h16-20,26H,1-15H2,(H,27,29). The first-order valence-corrected chi connectivity index (χ1v) is 14.0. The molecule has 2 N–H and O–H groups in total. The number of nitrogens with zero attached hydrogens (tertiary/aromatic N) is 1. The maximum atomic E-state index is 13.6. The number of nitrogens with one attached hydrogen (secondary N) is 2. The maximum Gasteiger partial charge on any atom is 0.291 e. The zero-order valence-corrected chi connectivity index (χ0v) is 20.3. The Labute approximate surface area is 200 Å². The van der Waals surface area contributed by atoms with Gasteiger partial charge in [-0.05, 0) is 74.3 Å². The van der Waals surface area contributed by atoms with Gasteiger partial charge in [-0.3, -0.25) is 4.79 Å². The third-order valence-corrected chi connectivity index (χ3v) is 9.89. The minimum Gasteiger partial charge on any atom is -0.472 e. The van der Waals surface area contributed by atoms with Crippen molar-refractivity contribution in [3.8, 4) is 5.88 Å². The first kappa shape index (κ1) is 22.2. The Morgan fingerprint density at radius 3 is 2.52 bits per heavy atom. The number of hydrogen-bond acceptors (Lipinski definition) is 7. The first-order chi connectivity index (χ1) is 16.2. The van der Waals surface area contributed by atoms with Crippen molar-refractivity contribution in [1.82, 2.24) is 15.8 Å². The molecule has 1 atom stereocenters. The fraction of sp³-hybridized carbons (Fsp3) is 0.840. The van der Waals surface area contributed by atoms with Crippen LogP contribution in [0.1, 0.15) is 81.2 Å². The van der Waals surface area contributed by atoms with Gasteiger partial charge in [-0.2, -0.15) is 0 Å². The maximum absolute atomic E-state index is 13.6. The molecule has 2 heterocycles. The van der Waals surface area contributed by atoms with Gasteiger partial charge in [0.05, 0.1) is 6.61 Å². The summed E-state index contributed by atoms with van der Waals surface area (Å²) in [6.07, 6.45) is 13.6. The van der Waals surface area contributed by atoms with Crippen molar-refractivity contribution in [2.75, 3.05) is 26.3 Å². The second-order valence-electron chi connectivity index (χ2n) is 11.2. The molecule has 1 saturated heterocycles. The summed E-state index contributed by atoms with van der Waals surface area (Å²) in [6.45, 7) is 2.74. The average molecular weight is 476 g/mol. The number of carbonyl (C=O) groups is 1. The summed E-state index contributed by atoms with van der Waals surface area (Å²) in [5, 5.41) is 11.5. The molecule has 1 aliphatic heterocycles. The number of carbonyl (C=O) groups excluding carboxylic acids is 1. The number of aromatic nitrogens is 1. The molecule has 8 heteroatoms. The molecule has 5 saturated carbocycles. The molecule has 33 heavy (non-hydrogen) atoms. The molecule has 6 aliphatic rings. The molecular formula is C25H37N3O4S. The van der Waals surface area contributed by atoms with Gasteiger partial charge in [0.25, 0.3) is 11.8 Å². The van der Waals surface area contributed by atoms with E-state index in [-0.39, 0.29) is 17.6 Å². The van der Waals surface area contributed by atoms with E-state index in [9.17, 15) is 4.79 Å². The van der Waals surface area contributed by atoms with Crippen LogP contribution in [0.5, 0.6) is 5.88 Å². The minimum atomic E-state index is -0.104. The van der Waals surface area contributed by atoms with Crippen LogP contribution in [-0.4, -0.2) is 54.3 Å². The molecule has 0 spiro atoms. The topological polar surface area (TPSA) is 85.6 Å². The van der Waals surface area contributed by atoms with Gasteiger partial charge in [0.1, 0.15) is 17.6 Å². The molecule has 4 bridgehead atoms. The van der Waals surface area contributed by atoms with Crippen LogP contribution in [0, 0.1) is 17.8 Å². The van der Waals surface area contributed by atoms with Gasteiger partial charge in [0.2, 0.25) is 5.76 Å². The van der Waals surface area contributed by atoms with E-state index in [1.807, 2.05) is 0 Å². The summed E-state index contributed by atoms with van der Waals surface area (Å²) in [7, 11) is 0. The van der Waals surface area contributed by atoms with E-state index in [0.717, 1.165) is 55.0 Å². The van der Waals surface area contributed by atoms with Gasteiger partial charge < -0.3 is 24.6 Å². The Bertz CT molecular complexity index is 811. The first-order valence-electron chi connectivity index (χ1n) is 13.1. The van der Waals surface area contributed by atoms with E-state index >= 15 is 0 Å². The quantitative estimate of drug-likeness (QED) is 0.612. The molecule has 1 aromatic heterocycles. The fourth-order valence-corrected chi connectivity index (χ4v) is 8.75. The Kier molecular flexibility index (Phi) is 6.35. The van der Waals surface area contributed by atoms with Crippen molar-refractivity contribution >= 4 is 17.7 Å². The van der Waals surface area contributed by atoms with E-state index in [1.54, 1.807) is 11.8 Å². The van der Waals surface area contributed by atoms with Crippen molar-refractivity contribution in [3.63, 3.8) is 0 Å². The molecule has 5 aliphatic carbocycles. The van der Waals surface area contributed by atoms with Gasteiger partial charge >= 0.3 is 0 Å². The lowest BCUT2D eigenvalue weighted by atomic mass is 9.53. The van der Waals surface area contributed by atoms with E-state index in [1.165, 1.54) is 51.4 Å². The smallest absolute Gasteiger partial charge is 0.291 e. The Morgan fingerprint density at radius 2 is 1.85 bits per heavy atom. The summed E-state index contributed by atoms with van der Waals surface area (Å²) in [5.41, 5.74) is -0.0476. The minimum absolute atomic E-state index is 0.00715. The number of amides is 1. The lowest BCUT2D eigenvalue weighted by Gasteiger charge is -2.56. The van der Waals surface area contributed by atoms with E-state index in [4.69, 9.17) is 14.0 Å². The highest BCUT2D eigenvalue weighted by Crippen LogP contribution is 2.55. The Morgan fingerprint density at radius 1 is 1.12 bits per heavy atom. The van der Waals surface area contributed by atoms with Gasteiger partial charge in [0, 0.05) is 23.9 Å². The number of thioether (sulfide) groups is 1. The second kappa shape index (κ2) is 9.42. The number of hydrogen-bond donors (Lipinski definition) is 2. The van der Waals surface area contributed by atoms with Crippen LogP contribution in [-0.2, 0) is 4.74 Å². The van der Waals surface area contributed by atoms with Crippen LogP contribution in [0.25, 0.3) is 0 Å². The average Bonchev–Trinajstić information content (AvgIpc) is 3.20. The van der Waals surface area contributed by atoms with Crippen molar-refractivity contribution in [3.05, 3.63) is 5.76 Å². The summed E-state index contributed by atoms with van der Waals surface area (Å²) < 4.78 is 17.5. The molecule has 0 radical (unpaired) electrons. The third-order valence-electron chi connectivity index (χ3n) is 8.49. The van der Waals surface area contributed by atoms with Crippen molar-refractivity contribution < 1.29 is 18.8 Å². The summed E-state index contributed by atoms with van der Waals surface area (Å²) >= 11 is 1.73. The van der Waals surface area contributed by atoms with Crippen LogP contribution < -0.4 is 15.4 Å². The lowest BCUT2D eigenvalue weighted by Crippen LogP contribution is -2.59. The number of ether oxygens (including phenoxy) is 2. The van der Waals surface area contributed by atoms with E-state index in [2.05, 4.69) is 15.8 Å². The second-order valence-corrected chi connectivity index (χ2v) is 12.5. The molecular weight excluding hydrogens is 438 g/mol. The van der Waals surface area contributed by atoms with Crippen LogP contribution in [0.3, 0.4) is 0 Å². The highest BCUT2D eigenvalue weighted by molar-refractivity contribution is 8.00. The van der Waals surface area contributed by atoms with Crippen LogP contribution >= 0.6 is 11.8 Å². The lowest BCUT2D eigenvalue weighted by molar-refractivity contribution is -0.0173. The fourth-order valence-electron chi connectivity index (χ4n) is 7.42. The van der Waals surface area contributed by atoms with Gasteiger partial charge in [-0.1, -0.05) is 19.3 Å². The summed E-state index contributed by atoms with van der Waals surface area (Å²) in [4.78, 5) is 14.3. The Hall–Kier alpha value is -1.25. The van der Waals surface area contributed by atoms with Crippen LogP contribution in [0.4, 0.5) is 0 Å². The predicted molar refractivity (Wildman–Crippen MR) is 126 cm³/mol. The highest BCUT2D eigenvalue weighted by Gasteiger charge is 2.52. The molecule has 1 amide bonds. The summed E-state index contributed by atoms with van der Waals surface area (Å²) in [6, 6.07) is 0. The van der Waals surface area contributed by atoms with Crippen LogP contribution in [0.2, 0.25) is 0 Å². The Balaban J connectivity index is 1.19. The van der Waals surface area contributed by atoms with Gasteiger partial charge in [-0.15, -0.1) is 11.8 Å².